The molecular formula is C6H5ClO2S. The molecule has 1 rings (SSSR count). The van der Waals surface area contributed by atoms with Crippen LogP contribution in [0.15, 0.2) is 11.4 Å². The highest BCUT2D eigenvalue weighted by Gasteiger charge is 2.06. The number of hydrogen-bond acceptors (Lipinski definition) is 3. The second-order valence-electron chi connectivity index (χ2n) is 1.63. The largest absolute Gasteiger partial charge is 0.465 e. The number of halogens is 1. The molecule has 0 saturated heterocycles. The molecule has 0 aliphatic heterocycles. The molecule has 4 heteroatoms. The summed E-state index contributed by atoms with van der Waals surface area (Å²) in [6.45, 7) is 0. The van der Waals surface area contributed by atoms with Crippen LogP contribution in [0.4, 0.5) is 0 Å². The van der Waals surface area contributed by atoms with E-state index in [0.717, 1.165) is 0 Å². The number of thiophene rings is 1. The van der Waals surface area contributed by atoms with Crippen molar-refractivity contribution in [1.29, 1.82) is 0 Å². The lowest BCUT2D eigenvalue weighted by molar-refractivity contribution is 0.0601. The van der Waals surface area contributed by atoms with E-state index in [1.54, 1.807) is 11.4 Å². The molecule has 2 nitrogen and oxygen atoms in total. The van der Waals surface area contributed by atoms with Crippen molar-refractivity contribution in [2.75, 3.05) is 7.11 Å². The normalized spacial score (nSPS) is 9.40. The molecule has 10 heavy (non-hydrogen) atoms. The van der Waals surface area contributed by atoms with Gasteiger partial charge in [0.1, 0.15) is 0 Å². The van der Waals surface area contributed by atoms with E-state index in [0.29, 0.717) is 9.90 Å². The van der Waals surface area contributed by atoms with E-state index in [1.165, 1.54) is 18.4 Å². The summed E-state index contributed by atoms with van der Waals surface area (Å²) in [5, 5.41) is 1.66. The van der Waals surface area contributed by atoms with E-state index in [2.05, 4.69) is 4.74 Å². The summed E-state index contributed by atoms with van der Waals surface area (Å²) < 4.78 is 5.06. The zero-order chi connectivity index (χ0) is 7.56. The van der Waals surface area contributed by atoms with E-state index in [-0.39, 0.29) is 5.97 Å². The molecular weight excluding hydrogens is 172 g/mol. The van der Waals surface area contributed by atoms with Gasteiger partial charge in [-0.1, -0.05) is 11.6 Å². The Bertz CT molecular complexity index is 244. The van der Waals surface area contributed by atoms with Crippen LogP contribution in [0.25, 0.3) is 0 Å². The number of esters is 1. The highest BCUT2D eigenvalue weighted by molar-refractivity contribution is 7.14. The highest BCUT2D eigenvalue weighted by atomic mass is 35.5. The number of ether oxygens (including phenoxy) is 1. The third kappa shape index (κ3) is 1.49. The third-order valence-corrected chi connectivity index (χ3v) is 2.08. The van der Waals surface area contributed by atoms with Crippen molar-refractivity contribution in [1.82, 2.24) is 0 Å². The molecule has 0 saturated carbocycles. The van der Waals surface area contributed by atoms with Gasteiger partial charge in [0.05, 0.1) is 17.0 Å². The first-order valence-electron chi connectivity index (χ1n) is 2.56. The number of hydrogen-bond donors (Lipinski definition) is 0. The first-order chi connectivity index (χ1) is 4.74. The first kappa shape index (κ1) is 7.57. The van der Waals surface area contributed by atoms with E-state index in [1.807, 2.05) is 0 Å². The fraction of sp³-hybridized carbons (Fsp3) is 0.167. The van der Waals surface area contributed by atoms with Gasteiger partial charge < -0.3 is 4.74 Å². The highest BCUT2D eigenvalue weighted by Crippen LogP contribution is 2.20. The van der Waals surface area contributed by atoms with E-state index in [4.69, 9.17) is 11.6 Å². The second kappa shape index (κ2) is 3.03. The van der Waals surface area contributed by atoms with Gasteiger partial charge in [-0.15, -0.1) is 11.3 Å². The monoisotopic (exact) mass is 176 g/mol. The van der Waals surface area contributed by atoms with Crippen LogP contribution in [0.1, 0.15) is 10.4 Å². The van der Waals surface area contributed by atoms with Gasteiger partial charge in [-0.25, -0.2) is 4.79 Å². The molecule has 0 amide bonds. The summed E-state index contributed by atoms with van der Waals surface area (Å²) in [7, 11) is 1.34. The topological polar surface area (TPSA) is 26.3 Å². The Kier molecular flexibility index (Phi) is 2.29. The van der Waals surface area contributed by atoms with E-state index >= 15 is 0 Å². The Morgan fingerprint density at radius 1 is 1.80 bits per heavy atom. The summed E-state index contributed by atoms with van der Waals surface area (Å²) in [4.78, 5) is 10.8. The van der Waals surface area contributed by atoms with Crippen LogP contribution in [0.3, 0.4) is 0 Å². The predicted octanol–water partition coefficient (Wildman–Crippen LogP) is 2.19. The molecule has 0 radical (unpaired) electrons. The van der Waals surface area contributed by atoms with Gasteiger partial charge in [-0.2, -0.15) is 0 Å². The predicted molar refractivity (Wildman–Crippen MR) is 40.7 cm³/mol. The lowest BCUT2D eigenvalue weighted by Gasteiger charge is -1.90. The Hall–Kier alpha value is -0.540. The van der Waals surface area contributed by atoms with Gasteiger partial charge >= 0.3 is 5.97 Å². The van der Waals surface area contributed by atoms with Crippen molar-refractivity contribution in [2.24, 2.45) is 0 Å². The van der Waals surface area contributed by atoms with Crippen LogP contribution in [0.5, 0.6) is 0 Å². The summed E-state index contributed by atoms with van der Waals surface area (Å²) in [5.74, 6) is -0.344. The van der Waals surface area contributed by atoms with Gasteiger partial charge in [-0.05, 0) is 6.07 Å². The molecule has 0 N–H and O–H groups in total. The first-order valence-corrected chi connectivity index (χ1v) is 3.82. The van der Waals surface area contributed by atoms with Crippen LogP contribution in [-0.2, 0) is 4.74 Å². The van der Waals surface area contributed by atoms with Gasteiger partial charge in [-0.3, -0.25) is 0 Å². The second-order valence-corrected chi connectivity index (χ2v) is 3.17. The standard InChI is InChI=1S/C6H5ClO2S/c1-9-6(8)4-2-5(7)10-3-4/h2-3H,1H3. The number of carbonyl (C=O) groups is 1. The van der Waals surface area contributed by atoms with Crippen LogP contribution in [0, 0.1) is 0 Å². The van der Waals surface area contributed by atoms with Crippen LogP contribution >= 0.6 is 22.9 Å². The Labute approximate surface area is 67.4 Å². The molecule has 0 aliphatic carbocycles. The van der Waals surface area contributed by atoms with Gasteiger partial charge in [0.2, 0.25) is 0 Å². The van der Waals surface area contributed by atoms with Crippen LogP contribution in [-0.4, -0.2) is 13.1 Å². The fourth-order valence-corrected chi connectivity index (χ4v) is 1.38. The molecule has 0 spiro atoms. The number of methoxy groups -OCH3 is 1. The number of rotatable bonds is 1. The minimum Gasteiger partial charge on any atom is -0.465 e. The van der Waals surface area contributed by atoms with E-state index < -0.39 is 0 Å². The molecule has 1 aromatic rings. The maximum atomic E-state index is 10.8. The van der Waals surface area contributed by atoms with Gasteiger partial charge in [0.25, 0.3) is 0 Å². The summed E-state index contributed by atoms with van der Waals surface area (Å²) in [6, 6.07) is 1.58. The van der Waals surface area contributed by atoms with Crippen molar-refractivity contribution in [3.05, 3.63) is 21.3 Å². The Balaban J connectivity index is 2.85. The van der Waals surface area contributed by atoms with E-state index in [9.17, 15) is 4.79 Å². The maximum Gasteiger partial charge on any atom is 0.338 e. The average molecular weight is 177 g/mol. The zero-order valence-corrected chi connectivity index (χ0v) is 6.83. The molecule has 0 bridgehead atoms. The Morgan fingerprint density at radius 2 is 2.50 bits per heavy atom. The molecule has 0 atom stereocenters. The fourth-order valence-electron chi connectivity index (χ4n) is 0.535. The van der Waals surface area contributed by atoms with Crippen molar-refractivity contribution >= 4 is 28.9 Å². The lowest BCUT2D eigenvalue weighted by atomic mass is 10.4. The minimum atomic E-state index is -0.344. The Morgan fingerprint density at radius 3 is 2.90 bits per heavy atom. The molecule has 0 aliphatic rings. The summed E-state index contributed by atoms with van der Waals surface area (Å²) >= 11 is 6.88. The molecule has 1 aromatic heterocycles. The molecule has 54 valence electrons. The maximum absolute atomic E-state index is 10.8. The summed E-state index contributed by atoms with van der Waals surface area (Å²) in [6.07, 6.45) is 0. The van der Waals surface area contributed by atoms with Crippen LogP contribution in [0.2, 0.25) is 4.34 Å². The average Bonchev–Trinajstić information content (AvgIpc) is 2.34. The molecule has 0 aromatic carbocycles. The molecule has 1 heterocycles. The quantitative estimate of drug-likeness (QED) is 0.614. The number of carbonyl (C=O) groups excluding carboxylic acids is 1. The van der Waals surface area contributed by atoms with Crippen molar-refractivity contribution < 1.29 is 9.53 Å². The van der Waals surface area contributed by atoms with Crippen LogP contribution < -0.4 is 0 Å². The van der Waals surface area contributed by atoms with Crippen molar-refractivity contribution in [3.8, 4) is 0 Å². The van der Waals surface area contributed by atoms with Crippen molar-refractivity contribution in [2.45, 2.75) is 0 Å². The SMILES string of the molecule is COC(=O)c1csc(Cl)c1. The summed E-state index contributed by atoms with van der Waals surface area (Å²) in [5.41, 5.74) is 0.512. The molecule has 0 fully saturated rings. The minimum absolute atomic E-state index is 0.344. The molecule has 0 unspecified atom stereocenters. The van der Waals surface area contributed by atoms with Gasteiger partial charge in [0, 0.05) is 5.38 Å². The van der Waals surface area contributed by atoms with Gasteiger partial charge in [0.15, 0.2) is 0 Å². The third-order valence-electron chi connectivity index (χ3n) is 0.989. The zero-order valence-electron chi connectivity index (χ0n) is 5.26. The smallest absolute Gasteiger partial charge is 0.338 e. The lowest BCUT2D eigenvalue weighted by Crippen LogP contribution is -1.97. The van der Waals surface area contributed by atoms with Crippen molar-refractivity contribution in [3.63, 3.8) is 0 Å².